The Labute approximate surface area is 149 Å². The zero-order valence-corrected chi connectivity index (χ0v) is 14.5. The van der Waals surface area contributed by atoms with E-state index in [1.807, 2.05) is 0 Å². The van der Waals surface area contributed by atoms with Crippen molar-refractivity contribution < 1.29 is 18.4 Å². The van der Waals surface area contributed by atoms with Crippen molar-refractivity contribution in [3.8, 4) is 0 Å². The second kappa shape index (κ2) is 7.61. The maximum Gasteiger partial charge on any atom is 0.239 e. The van der Waals surface area contributed by atoms with E-state index < -0.39 is 28.9 Å². The van der Waals surface area contributed by atoms with Crippen molar-refractivity contribution in [3.63, 3.8) is 0 Å². The van der Waals surface area contributed by atoms with Crippen molar-refractivity contribution in [3.05, 3.63) is 64.7 Å². The van der Waals surface area contributed by atoms with Gasteiger partial charge in [0.25, 0.3) is 0 Å². The van der Waals surface area contributed by atoms with Crippen LogP contribution in [-0.4, -0.2) is 11.8 Å². The largest absolute Gasteiger partial charge is 0.351 e. The van der Waals surface area contributed by atoms with Gasteiger partial charge >= 0.3 is 0 Å². The SMILES string of the molecule is CC(C)(C(=O)NCc1ccccc1Cl)C(=O)Nc1ccc(F)c(F)c1. The molecule has 4 nitrogen and oxygen atoms in total. The van der Waals surface area contributed by atoms with Crippen LogP contribution in [0.5, 0.6) is 0 Å². The Kier molecular flexibility index (Phi) is 5.74. The summed E-state index contributed by atoms with van der Waals surface area (Å²) in [5.41, 5.74) is -0.642. The van der Waals surface area contributed by atoms with Gasteiger partial charge in [0, 0.05) is 23.3 Å². The molecule has 0 saturated carbocycles. The molecule has 0 bridgehead atoms. The van der Waals surface area contributed by atoms with Gasteiger partial charge in [-0.3, -0.25) is 9.59 Å². The molecule has 0 heterocycles. The number of carbonyl (C=O) groups is 2. The molecule has 7 heteroatoms. The van der Waals surface area contributed by atoms with Crippen LogP contribution in [-0.2, 0) is 16.1 Å². The summed E-state index contributed by atoms with van der Waals surface area (Å²) in [5.74, 6) is -3.27. The predicted molar refractivity (Wildman–Crippen MR) is 92.1 cm³/mol. The van der Waals surface area contributed by atoms with Gasteiger partial charge in [0.05, 0.1) is 0 Å². The van der Waals surface area contributed by atoms with E-state index in [9.17, 15) is 18.4 Å². The van der Waals surface area contributed by atoms with Crippen LogP contribution in [0.25, 0.3) is 0 Å². The third kappa shape index (κ3) is 4.54. The van der Waals surface area contributed by atoms with Crippen molar-refractivity contribution in [2.24, 2.45) is 5.41 Å². The number of hydrogen-bond acceptors (Lipinski definition) is 2. The van der Waals surface area contributed by atoms with Crippen LogP contribution in [0.3, 0.4) is 0 Å². The van der Waals surface area contributed by atoms with Crippen molar-refractivity contribution in [2.75, 3.05) is 5.32 Å². The molecule has 0 fully saturated rings. The summed E-state index contributed by atoms with van der Waals surface area (Å²) in [6.07, 6.45) is 0. The summed E-state index contributed by atoms with van der Waals surface area (Å²) in [7, 11) is 0. The van der Waals surface area contributed by atoms with E-state index in [1.165, 1.54) is 19.9 Å². The average molecular weight is 367 g/mol. The van der Waals surface area contributed by atoms with Gasteiger partial charge in [0.2, 0.25) is 11.8 Å². The highest BCUT2D eigenvalue weighted by Crippen LogP contribution is 2.21. The lowest BCUT2D eigenvalue weighted by molar-refractivity contribution is -0.138. The number of nitrogens with one attached hydrogen (secondary N) is 2. The van der Waals surface area contributed by atoms with Crippen molar-refractivity contribution >= 4 is 29.1 Å². The quantitative estimate of drug-likeness (QED) is 0.788. The first kappa shape index (κ1) is 18.9. The molecule has 25 heavy (non-hydrogen) atoms. The van der Waals surface area contributed by atoms with Gasteiger partial charge in [-0.25, -0.2) is 8.78 Å². The van der Waals surface area contributed by atoms with Gasteiger partial charge in [-0.1, -0.05) is 29.8 Å². The minimum Gasteiger partial charge on any atom is -0.351 e. The maximum absolute atomic E-state index is 13.2. The zero-order valence-electron chi connectivity index (χ0n) is 13.7. The molecule has 2 aromatic carbocycles. The first-order valence-electron chi connectivity index (χ1n) is 7.50. The second-order valence-electron chi connectivity index (χ2n) is 5.98. The molecule has 0 aliphatic carbocycles. The van der Waals surface area contributed by atoms with Gasteiger partial charge < -0.3 is 10.6 Å². The Hall–Kier alpha value is -2.47. The van der Waals surface area contributed by atoms with E-state index in [1.54, 1.807) is 24.3 Å². The number of amides is 2. The van der Waals surface area contributed by atoms with Crippen LogP contribution in [0, 0.1) is 17.0 Å². The third-order valence-corrected chi connectivity index (χ3v) is 4.08. The molecular weight excluding hydrogens is 350 g/mol. The van der Waals surface area contributed by atoms with E-state index in [2.05, 4.69) is 10.6 Å². The molecule has 2 rings (SSSR count). The fourth-order valence-corrected chi connectivity index (χ4v) is 2.21. The van der Waals surface area contributed by atoms with Crippen LogP contribution >= 0.6 is 11.6 Å². The Morgan fingerprint density at radius 1 is 1.04 bits per heavy atom. The number of hydrogen-bond donors (Lipinski definition) is 2. The van der Waals surface area contributed by atoms with Crippen LogP contribution in [0.15, 0.2) is 42.5 Å². The lowest BCUT2D eigenvalue weighted by Gasteiger charge is -2.23. The fourth-order valence-electron chi connectivity index (χ4n) is 2.00. The number of carbonyl (C=O) groups excluding carboxylic acids is 2. The molecule has 0 saturated heterocycles. The van der Waals surface area contributed by atoms with Crippen LogP contribution in [0.2, 0.25) is 5.02 Å². The molecule has 0 aliphatic heterocycles. The van der Waals surface area contributed by atoms with Crippen LogP contribution in [0.1, 0.15) is 19.4 Å². The topological polar surface area (TPSA) is 58.2 Å². The molecule has 0 unspecified atom stereocenters. The van der Waals surface area contributed by atoms with Gasteiger partial charge in [-0.05, 0) is 37.6 Å². The molecule has 0 aliphatic rings. The second-order valence-corrected chi connectivity index (χ2v) is 6.39. The van der Waals surface area contributed by atoms with Crippen molar-refractivity contribution in [1.82, 2.24) is 5.32 Å². The fraction of sp³-hybridized carbons (Fsp3) is 0.222. The van der Waals surface area contributed by atoms with E-state index in [4.69, 9.17) is 11.6 Å². The number of benzene rings is 2. The Morgan fingerprint density at radius 3 is 2.36 bits per heavy atom. The molecule has 0 radical (unpaired) electrons. The first-order chi connectivity index (χ1) is 11.7. The Bertz CT molecular complexity index is 809. The Balaban J connectivity index is 2.03. The molecular formula is C18H17ClF2N2O2. The molecule has 0 atom stereocenters. The maximum atomic E-state index is 13.2. The van der Waals surface area contributed by atoms with E-state index >= 15 is 0 Å². The van der Waals surface area contributed by atoms with E-state index in [0.717, 1.165) is 12.1 Å². The zero-order chi connectivity index (χ0) is 18.6. The Morgan fingerprint density at radius 2 is 1.72 bits per heavy atom. The van der Waals surface area contributed by atoms with E-state index in [0.29, 0.717) is 10.6 Å². The first-order valence-corrected chi connectivity index (χ1v) is 7.88. The molecule has 2 aromatic rings. The summed E-state index contributed by atoms with van der Waals surface area (Å²) >= 11 is 6.02. The highest BCUT2D eigenvalue weighted by Gasteiger charge is 2.36. The monoisotopic (exact) mass is 366 g/mol. The summed E-state index contributed by atoms with van der Waals surface area (Å²) in [6.45, 7) is 3.04. The minimum atomic E-state index is -1.42. The molecule has 2 N–H and O–H groups in total. The lowest BCUT2D eigenvalue weighted by atomic mass is 9.90. The highest BCUT2D eigenvalue weighted by molar-refractivity contribution is 6.31. The standard InChI is InChI=1S/C18H17ClF2N2O2/c1-18(2,16(24)22-10-11-5-3-4-6-13(11)19)17(25)23-12-7-8-14(20)15(21)9-12/h3-9H,10H2,1-2H3,(H,22,24)(H,23,25). The highest BCUT2D eigenvalue weighted by atomic mass is 35.5. The van der Waals surface area contributed by atoms with E-state index in [-0.39, 0.29) is 12.2 Å². The number of anilines is 1. The summed E-state index contributed by atoms with van der Waals surface area (Å²) in [6, 6.07) is 9.98. The van der Waals surface area contributed by atoms with Crippen molar-refractivity contribution in [2.45, 2.75) is 20.4 Å². The van der Waals surface area contributed by atoms with Crippen LogP contribution < -0.4 is 10.6 Å². The van der Waals surface area contributed by atoms with Gasteiger partial charge in [0.15, 0.2) is 11.6 Å². The lowest BCUT2D eigenvalue weighted by Crippen LogP contribution is -2.44. The summed E-state index contributed by atoms with van der Waals surface area (Å²) in [5, 5.41) is 5.56. The minimum absolute atomic E-state index is 0.0656. The number of halogens is 3. The molecule has 132 valence electrons. The molecule has 0 aromatic heterocycles. The normalized spacial score (nSPS) is 11.1. The van der Waals surface area contributed by atoms with Gasteiger partial charge in [-0.2, -0.15) is 0 Å². The van der Waals surface area contributed by atoms with Crippen LogP contribution in [0.4, 0.5) is 14.5 Å². The predicted octanol–water partition coefficient (Wildman–Crippen LogP) is 3.90. The van der Waals surface area contributed by atoms with Gasteiger partial charge in [0.1, 0.15) is 5.41 Å². The average Bonchev–Trinajstić information content (AvgIpc) is 2.57. The summed E-state index contributed by atoms with van der Waals surface area (Å²) < 4.78 is 26.1. The third-order valence-electron chi connectivity index (χ3n) is 3.71. The smallest absolute Gasteiger partial charge is 0.239 e. The summed E-state index contributed by atoms with van der Waals surface area (Å²) in [4.78, 5) is 24.7. The van der Waals surface area contributed by atoms with Gasteiger partial charge in [-0.15, -0.1) is 0 Å². The van der Waals surface area contributed by atoms with Crippen molar-refractivity contribution in [1.29, 1.82) is 0 Å². The molecule has 2 amide bonds. The molecule has 0 spiro atoms. The number of rotatable bonds is 5.